The van der Waals surface area contributed by atoms with E-state index in [0.29, 0.717) is 17.6 Å². The SMILES string of the molecule is CCn1nnc2cc(C(=O)NNC(=O)Cn3nc(C)cc3C)ccc21. The first kappa shape index (κ1) is 16.6. The molecule has 0 aliphatic rings. The van der Waals surface area contributed by atoms with Gasteiger partial charge < -0.3 is 0 Å². The zero-order valence-corrected chi connectivity index (χ0v) is 14.3. The molecule has 0 saturated heterocycles. The third kappa shape index (κ3) is 3.49. The second-order valence-corrected chi connectivity index (χ2v) is 5.70. The molecule has 0 spiro atoms. The summed E-state index contributed by atoms with van der Waals surface area (Å²) in [5.74, 6) is -0.785. The molecule has 25 heavy (non-hydrogen) atoms. The van der Waals surface area contributed by atoms with E-state index in [1.807, 2.05) is 26.8 Å². The highest BCUT2D eigenvalue weighted by Crippen LogP contribution is 2.13. The highest BCUT2D eigenvalue weighted by Gasteiger charge is 2.12. The van der Waals surface area contributed by atoms with Gasteiger partial charge in [-0.1, -0.05) is 5.21 Å². The number of carbonyl (C=O) groups is 2. The minimum Gasteiger partial charge on any atom is -0.271 e. The Kier molecular flexibility index (Phi) is 4.46. The summed E-state index contributed by atoms with van der Waals surface area (Å²) in [4.78, 5) is 24.1. The molecule has 2 amide bonds. The lowest BCUT2D eigenvalue weighted by Crippen LogP contribution is -2.43. The second-order valence-electron chi connectivity index (χ2n) is 5.70. The first-order valence-electron chi connectivity index (χ1n) is 7.91. The number of nitrogens with zero attached hydrogens (tertiary/aromatic N) is 5. The fourth-order valence-electron chi connectivity index (χ4n) is 2.56. The summed E-state index contributed by atoms with van der Waals surface area (Å²) in [6, 6.07) is 6.97. The zero-order chi connectivity index (χ0) is 18.0. The lowest BCUT2D eigenvalue weighted by molar-refractivity contribution is -0.122. The van der Waals surface area contributed by atoms with Crippen molar-refractivity contribution < 1.29 is 9.59 Å². The van der Waals surface area contributed by atoms with Gasteiger partial charge in [-0.2, -0.15) is 5.10 Å². The number of nitrogens with one attached hydrogen (secondary N) is 2. The number of carbonyl (C=O) groups excluding carboxylic acids is 2. The summed E-state index contributed by atoms with van der Waals surface area (Å²) >= 11 is 0. The summed E-state index contributed by atoms with van der Waals surface area (Å²) in [5, 5.41) is 12.2. The average Bonchev–Trinajstić information content (AvgIpc) is 3.14. The quantitative estimate of drug-likeness (QED) is 0.680. The Balaban J connectivity index is 1.62. The predicted molar refractivity (Wildman–Crippen MR) is 90.5 cm³/mol. The maximum atomic E-state index is 12.2. The Hall–Kier alpha value is -3.23. The lowest BCUT2D eigenvalue weighted by Gasteiger charge is -2.08. The third-order valence-electron chi connectivity index (χ3n) is 3.79. The highest BCUT2D eigenvalue weighted by atomic mass is 16.2. The largest absolute Gasteiger partial charge is 0.271 e. The van der Waals surface area contributed by atoms with Crippen LogP contribution in [0.15, 0.2) is 24.3 Å². The van der Waals surface area contributed by atoms with Crippen molar-refractivity contribution in [2.45, 2.75) is 33.9 Å². The molecule has 1 aromatic carbocycles. The predicted octanol–water partition coefficient (Wildman–Crippen LogP) is 0.726. The summed E-state index contributed by atoms with van der Waals surface area (Å²) in [7, 11) is 0. The van der Waals surface area contributed by atoms with E-state index >= 15 is 0 Å². The van der Waals surface area contributed by atoms with Gasteiger partial charge >= 0.3 is 0 Å². The van der Waals surface area contributed by atoms with E-state index in [2.05, 4.69) is 26.3 Å². The van der Waals surface area contributed by atoms with Gasteiger partial charge in [-0.3, -0.25) is 25.1 Å². The van der Waals surface area contributed by atoms with Crippen molar-refractivity contribution in [1.82, 2.24) is 35.6 Å². The van der Waals surface area contributed by atoms with Gasteiger partial charge in [0.05, 0.1) is 11.2 Å². The smallest absolute Gasteiger partial charge is 0.269 e. The molecular formula is C16H19N7O2. The normalized spacial score (nSPS) is 10.8. The summed E-state index contributed by atoms with van der Waals surface area (Å²) in [5.41, 5.74) is 8.37. The van der Waals surface area contributed by atoms with Crippen molar-refractivity contribution in [3.63, 3.8) is 0 Å². The average molecular weight is 341 g/mol. The van der Waals surface area contributed by atoms with E-state index in [-0.39, 0.29) is 12.5 Å². The lowest BCUT2D eigenvalue weighted by atomic mass is 10.2. The molecule has 0 fully saturated rings. The fourth-order valence-corrected chi connectivity index (χ4v) is 2.56. The van der Waals surface area contributed by atoms with E-state index < -0.39 is 5.91 Å². The van der Waals surface area contributed by atoms with Crippen LogP contribution in [0.1, 0.15) is 28.7 Å². The van der Waals surface area contributed by atoms with Gasteiger partial charge in [0.2, 0.25) is 0 Å². The molecular weight excluding hydrogens is 322 g/mol. The van der Waals surface area contributed by atoms with Crippen LogP contribution in [-0.2, 0) is 17.9 Å². The van der Waals surface area contributed by atoms with Gasteiger partial charge in [0, 0.05) is 17.8 Å². The van der Waals surface area contributed by atoms with Crippen molar-refractivity contribution >= 4 is 22.8 Å². The molecule has 0 atom stereocenters. The van der Waals surface area contributed by atoms with Crippen LogP contribution in [0, 0.1) is 13.8 Å². The molecule has 0 saturated carbocycles. The molecule has 3 aromatic rings. The number of aromatic nitrogens is 5. The number of hydrazine groups is 1. The number of amides is 2. The van der Waals surface area contributed by atoms with Crippen molar-refractivity contribution in [2.24, 2.45) is 0 Å². The molecule has 3 rings (SSSR count). The monoisotopic (exact) mass is 341 g/mol. The molecule has 0 unspecified atom stereocenters. The van der Waals surface area contributed by atoms with Crippen LogP contribution in [0.5, 0.6) is 0 Å². The number of fused-ring (bicyclic) bond motifs is 1. The minimum absolute atomic E-state index is 0.0316. The zero-order valence-electron chi connectivity index (χ0n) is 14.3. The van der Waals surface area contributed by atoms with Crippen LogP contribution >= 0.6 is 0 Å². The molecule has 0 aliphatic heterocycles. The Bertz CT molecular complexity index is 941. The molecule has 0 radical (unpaired) electrons. The molecule has 0 bridgehead atoms. The van der Waals surface area contributed by atoms with Gasteiger partial charge in [-0.05, 0) is 45.0 Å². The van der Waals surface area contributed by atoms with Gasteiger partial charge in [0.15, 0.2) is 0 Å². The van der Waals surface area contributed by atoms with Gasteiger partial charge in [-0.15, -0.1) is 5.10 Å². The Labute approximate surface area is 144 Å². The van der Waals surface area contributed by atoms with Crippen molar-refractivity contribution in [3.8, 4) is 0 Å². The van der Waals surface area contributed by atoms with Crippen LogP contribution in [-0.4, -0.2) is 36.6 Å². The van der Waals surface area contributed by atoms with Crippen molar-refractivity contribution in [3.05, 3.63) is 41.2 Å². The molecule has 2 heterocycles. The first-order valence-corrected chi connectivity index (χ1v) is 7.91. The number of aryl methyl sites for hydroxylation is 3. The number of rotatable bonds is 4. The van der Waals surface area contributed by atoms with Gasteiger partial charge in [-0.25, -0.2) is 4.68 Å². The maximum Gasteiger partial charge on any atom is 0.269 e. The van der Waals surface area contributed by atoms with Crippen LogP contribution in [0.2, 0.25) is 0 Å². The van der Waals surface area contributed by atoms with E-state index in [4.69, 9.17) is 0 Å². The molecule has 2 aromatic heterocycles. The van der Waals surface area contributed by atoms with Crippen LogP contribution in [0.3, 0.4) is 0 Å². The topological polar surface area (TPSA) is 107 Å². The number of benzene rings is 1. The summed E-state index contributed by atoms with van der Waals surface area (Å²) in [6.45, 7) is 6.42. The Morgan fingerprint density at radius 3 is 2.60 bits per heavy atom. The molecule has 9 nitrogen and oxygen atoms in total. The van der Waals surface area contributed by atoms with Gasteiger partial charge in [0.25, 0.3) is 11.8 Å². The van der Waals surface area contributed by atoms with E-state index in [1.54, 1.807) is 27.6 Å². The van der Waals surface area contributed by atoms with Crippen molar-refractivity contribution in [1.29, 1.82) is 0 Å². The number of hydrogen-bond acceptors (Lipinski definition) is 5. The van der Waals surface area contributed by atoms with E-state index in [1.165, 1.54) is 0 Å². The second kappa shape index (κ2) is 6.71. The standard InChI is InChI=1S/C16H19N7O2/c1-4-22-14-6-5-12(8-13(14)17-21-22)16(25)19-18-15(24)9-23-11(3)7-10(2)20-23/h5-8H,4,9H2,1-3H3,(H,18,24)(H,19,25). The maximum absolute atomic E-state index is 12.2. The highest BCUT2D eigenvalue weighted by molar-refractivity contribution is 5.98. The minimum atomic E-state index is -0.422. The van der Waals surface area contributed by atoms with Gasteiger partial charge in [0.1, 0.15) is 12.1 Å². The Morgan fingerprint density at radius 2 is 1.92 bits per heavy atom. The molecule has 9 heteroatoms. The molecule has 0 aliphatic carbocycles. The molecule has 2 N–H and O–H groups in total. The van der Waals surface area contributed by atoms with Crippen LogP contribution in [0.25, 0.3) is 11.0 Å². The summed E-state index contributed by atoms with van der Waals surface area (Å²) < 4.78 is 3.32. The summed E-state index contributed by atoms with van der Waals surface area (Å²) in [6.07, 6.45) is 0. The van der Waals surface area contributed by atoms with E-state index in [0.717, 1.165) is 16.9 Å². The first-order chi connectivity index (χ1) is 12.0. The van der Waals surface area contributed by atoms with Crippen LogP contribution < -0.4 is 10.9 Å². The Morgan fingerprint density at radius 1 is 1.12 bits per heavy atom. The van der Waals surface area contributed by atoms with Crippen LogP contribution in [0.4, 0.5) is 0 Å². The van der Waals surface area contributed by atoms with Crippen molar-refractivity contribution in [2.75, 3.05) is 0 Å². The third-order valence-corrected chi connectivity index (χ3v) is 3.79. The molecule has 130 valence electrons. The fraction of sp³-hybridized carbons (Fsp3) is 0.312. The van der Waals surface area contributed by atoms with E-state index in [9.17, 15) is 9.59 Å². The number of hydrogen-bond donors (Lipinski definition) is 2.